The highest BCUT2D eigenvalue weighted by molar-refractivity contribution is 6.20. The fourth-order valence-electron chi connectivity index (χ4n) is 4.08. The predicted octanol–water partition coefficient (Wildman–Crippen LogP) is 2.51. The molecule has 0 aromatic heterocycles. The first-order valence-electron chi connectivity index (χ1n) is 11.3. The van der Waals surface area contributed by atoms with Crippen LogP contribution in [-0.2, 0) is 38.3 Å². The summed E-state index contributed by atoms with van der Waals surface area (Å²) in [6.45, 7) is 0.890. The Kier molecular flexibility index (Phi) is 7.20. The van der Waals surface area contributed by atoms with Crippen LogP contribution in [0.25, 0.3) is 0 Å². The first kappa shape index (κ1) is 25.1. The summed E-state index contributed by atoms with van der Waals surface area (Å²) in [6.07, 6.45) is -2.73. The highest BCUT2D eigenvalue weighted by Gasteiger charge is 2.42. The average molecular weight is 500 g/mol. The van der Waals surface area contributed by atoms with E-state index >= 15 is 0 Å². The number of amides is 4. The van der Waals surface area contributed by atoms with Crippen molar-refractivity contribution in [1.82, 2.24) is 15.5 Å². The van der Waals surface area contributed by atoms with Crippen molar-refractivity contribution in [3.8, 4) is 0 Å². The third kappa shape index (κ3) is 5.80. The normalized spacial score (nSPS) is 18.4. The molecule has 1 unspecified atom stereocenters. The van der Waals surface area contributed by atoms with Crippen LogP contribution in [0.3, 0.4) is 0 Å². The molecule has 11 heteroatoms. The van der Waals surface area contributed by atoms with Crippen molar-refractivity contribution < 1.29 is 32.3 Å². The molecule has 4 rings (SSSR count). The smallest absolute Gasteiger partial charge is 0.351 e. The van der Waals surface area contributed by atoms with Gasteiger partial charge in [0, 0.05) is 24.7 Å². The number of alkyl halides is 3. The van der Waals surface area contributed by atoms with Gasteiger partial charge in [0.25, 0.3) is 11.8 Å². The van der Waals surface area contributed by atoms with Crippen LogP contribution in [0, 0.1) is 0 Å². The van der Waals surface area contributed by atoms with Crippen molar-refractivity contribution in [2.24, 2.45) is 0 Å². The summed E-state index contributed by atoms with van der Waals surface area (Å²) < 4.78 is 38.6. The summed E-state index contributed by atoms with van der Waals surface area (Å²) in [5.74, 6) is -2.41. The number of hydrogen-bond acceptors (Lipinski definition) is 6. The summed E-state index contributed by atoms with van der Waals surface area (Å²) in [7, 11) is 0. The zero-order valence-electron chi connectivity index (χ0n) is 19.0. The van der Waals surface area contributed by atoms with E-state index in [2.05, 4.69) is 16.0 Å². The standard InChI is InChI=1S/C25H23F3N4O4/c26-25(27,28)17-5-1-3-15(11-17)9-10-29-14-16-4-2-6-18(12-16)30-19-13-22(34)32(24(19)36)20-7-8-21(33)31-23(20)35/h1-6,11-13,20,29-30H,7-10,14H2,(H,31,33,35). The molecule has 2 aliphatic heterocycles. The quantitative estimate of drug-likeness (QED) is 0.380. The molecule has 0 bridgehead atoms. The van der Waals surface area contributed by atoms with Crippen LogP contribution in [0.1, 0.15) is 29.5 Å². The Morgan fingerprint density at radius 2 is 1.75 bits per heavy atom. The number of rotatable bonds is 8. The van der Waals surface area contributed by atoms with Crippen molar-refractivity contribution in [1.29, 1.82) is 0 Å². The highest BCUT2D eigenvalue weighted by Crippen LogP contribution is 2.29. The Balaban J connectivity index is 1.31. The van der Waals surface area contributed by atoms with Crippen LogP contribution in [0.2, 0.25) is 0 Å². The molecule has 2 aliphatic rings. The van der Waals surface area contributed by atoms with Crippen molar-refractivity contribution in [3.05, 3.63) is 77.0 Å². The molecule has 2 aromatic rings. The van der Waals surface area contributed by atoms with Gasteiger partial charge in [-0.25, -0.2) is 0 Å². The molecule has 188 valence electrons. The zero-order valence-corrected chi connectivity index (χ0v) is 19.0. The number of benzene rings is 2. The lowest BCUT2D eigenvalue weighted by molar-refractivity contribution is -0.149. The highest BCUT2D eigenvalue weighted by atomic mass is 19.4. The van der Waals surface area contributed by atoms with E-state index in [0.717, 1.165) is 28.7 Å². The van der Waals surface area contributed by atoms with Gasteiger partial charge < -0.3 is 10.6 Å². The average Bonchev–Trinajstić information content (AvgIpc) is 3.09. The molecule has 8 nitrogen and oxygen atoms in total. The minimum absolute atomic E-state index is 0.0133. The Morgan fingerprint density at radius 3 is 2.50 bits per heavy atom. The molecule has 4 amide bonds. The molecule has 36 heavy (non-hydrogen) atoms. The van der Waals surface area contributed by atoms with E-state index in [9.17, 15) is 32.3 Å². The van der Waals surface area contributed by atoms with Crippen LogP contribution in [0.5, 0.6) is 0 Å². The van der Waals surface area contributed by atoms with Gasteiger partial charge in [-0.1, -0.05) is 30.3 Å². The first-order chi connectivity index (χ1) is 17.1. The van der Waals surface area contributed by atoms with Crippen LogP contribution < -0.4 is 16.0 Å². The van der Waals surface area contributed by atoms with Crippen LogP contribution in [-0.4, -0.2) is 41.1 Å². The van der Waals surface area contributed by atoms with E-state index in [-0.39, 0.29) is 18.5 Å². The number of anilines is 1. The Morgan fingerprint density at radius 1 is 1.00 bits per heavy atom. The van der Waals surface area contributed by atoms with E-state index in [4.69, 9.17) is 0 Å². The molecular weight excluding hydrogens is 477 g/mol. The molecule has 0 spiro atoms. The molecule has 1 fully saturated rings. The molecule has 1 atom stereocenters. The predicted molar refractivity (Wildman–Crippen MR) is 123 cm³/mol. The molecule has 0 radical (unpaired) electrons. The number of piperidine rings is 1. The van der Waals surface area contributed by atoms with Crippen LogP contribution in [0.15, 0.2) is 60.3 Å². The molecule has 0 aliphatic carbocycles. The number of nitrogens with zero attached hydrogens (tertiary/aromatic N) is 1. The number of halogens is 3. The van der Waals surface area contributed by atoms with Gasteiger partial charge in [0.15, 0.2) is 0 Å². The maximum atomic E-state index is 12.9. The number of imide groups is 2. The third-order valence-electron chi connectivity index (χ3n) is 5.86. The van der Waals surface area contributed by atoms with Gasteiger partial charge in [0.2, 0.25) is 11.8 Å². The van der Waals surface area contributed by atoms with Crippen molar-refractivity contribution >= 4 is 29.3 Å². The summed E-state index contributed by atoms with van der Waals surface area (Å²) in [5.41, 5.74) is 1.31. The van der Waals surface area contributed by atoms with E-state index < -0.39 is 41.4 Å². The molecule has 3 N–H and O–H groups in total. The lowest BCUT2D eigenvalue weighted by Crippen LogP contribution is -2.54. The van der Waals surface area contributed by atoms with E-state index in [1.54, 1.807) is 24.3 Å². The second-order valence-corrected chi connectivity index (χ2v) is 8.49. The molecule has 2 heterocycles. The fourth-order valence-corrected chi connectivity index (χ4v) is 4.08. The van der Waals surface area contributed by atoms with E-state index in [1.165, 1.54) is 6.07 Å². The van der Waals surface area contributed by atoms with E-state index in [0.29, 0.717) is 30.8 Å². The topological polar surface area (TPSA) is 108 Å². The van der Waals surface area contributed by atoms with Gasteiger partial charge in [-0.3, -0.25) is 29.4 Å². The Labute approximate surface area is 204 Å². The van der Waals surface area contributed by atoms with Crippen LogP contribution >= 0.6 is 0 Å². The molecule has 0 saturated carbocycles. The number of hydrogen-bond donors (Lipinski definition) is 3. The maximum absolute atomic E-state index is 12.9. The summed E-state index contributed by atoms with van der Waals surface area (Å²) in [5, 5.41) is 8.22. The summed E-state index contributed by atoms with van der Waals surface area (Å²) >= 11 is 0. The van der Waals surface area contributed by atoms with Crippen molar-refractivity contribution in [2.45, 2.75) is 38.0 Å². The molecule has 1 saturated heterocycles. The number of carbonyl (C=O) groups excluding carboxylic acids is 4. The lowest BCUT2D eigenvalue weighted by atomic mass is 10.0. The van der Waals surface area contributed by atoms with Gasteiger partial charge in [0.05, 0.1) is 5.56 Å². The maximum Gasteiger partial charge on any atom is 0.416 e. The van der Waals surface area contributed by atoms with Gasteiger partial charge in [-0.05, 0) is 48.7 Å². The molecule has 2 aromatic carbocycles. The second kappa shape index (κ2) is 10.3. The fraction of sp³-hybridized carbons (Fsp3) is 0.280. The van der Waals surface area contributed by atoms with Crippen LogP contribution in [0.4, 0.5) is 18.9 Å². The van der Waals surface area contributed by atoms with Gasteiger partial charge in [-0.15, -0.1) is 0 Å². The second-order valence-electron chi connectivity index (χ2n) is 8.49. The van der Waals surface area contributed by atoms with Crippen molar-refractivity contribution in [3.63, 3.8) is 0 Å². The number of carbonyl (C=O) groups is 4. The van der Waals surface area contributed by atoms with Gasteiger partial charge >= 0.3 is 6.18 Å². The van der Waals surface area contributed by atoms with Gasteiger partial charge in [0.1, 0.15) is 11.7 Å². The summed E-state index contributed by atoms with van der Waals surface area (Å²) in [4.78, 5) is 49.5. The minimum atomic E-state index is -4.38. The monoisotopic (exact) mass is 500 g/mol. The lowest BCUT2D eigenvalue weighted by Gasteiger charge is -2.28. The van der Waals surface area contributed by atoms with Crippen molar-refractivity contribution in [2.75, 3.05) is 11.9 Å². The zero-order chi connectivity index (χ0) is 25.9. The largest absolute Gasteiger partial charge is 0.416 e. The first-order valence-corrected chi connectivity index (χ1v) is 11.3. The van der Waals surface area contributed by atoms with Gasteiger partial charge in [-0.2, -0.15) is 13.2 Å². The molecular formula is C25H23F3N4O4. The minimum Gasteiger partial charge on any atom is -0.351 e. The summed E-state index contributed by atoms with van der Waals surface area (Å²) in [6, 6.07) is 11.2. The number of nitrogens with one attached hydrogen (secondary N) is 3. The Hall–Kier alpha value is -3.99. The SMILES string of the molecule is O=C1CCC(N2C(=O)C=C(Nc3cccc(CNCCc4cccc(C(F)(F)F)c4)c3)C2=O)C(=O)N1. The Bertz CT molecular complexity index is 1240. The third-order valence-corrected chi connectivity index (χ3v) is 5.86. The van der Waals surface area contributed by atoms with E-state index in [1.807, 2.05) is 6.07 Å².